The molecule has 3 rings (SSSR count). The van der Waals surface area contributed by atoms with E-state index in [-0.39, 0.29) is 11.6 Å². The van der Waals surface area contributed by atoms with Crippen molar-refractivity contribution in [3.63, 3.8) is 0 Å². The molecule has 0 bridgehead atoms. The monoisotopic (exact) mass is 382 g/mol. The Morgan fingerprint density at radius 3 is 2.70 bits per heavy atom. The fourth-order valence-corrected chi connectivity index (χ4v) is 2.64. The maximum Gasteiger partial charge on any atom is 0.274 e. The Morgan fingerprint density at radius 2 is 1.89 bits per heavy atom. The van der Waals surface area contributed by atoms with E-state index in [0.29, 0.717) is 28.9 Å². The highest BCUT2D eigenvalue weighted by molar-refractivity contribution is 6.31. The number of rotatable bonds is 6. The summed E-state index contributed by atoms with van der Waals surface area (Å²) in [6.07, 6.45) is 1.34. The van der Waals surface area contributed by atoms with Crippen LogP contribution in [0.5, 0.6) is 5.75 Å². The van der Waals surface area contributed by atoms with E-state index in [1.54, 1.807) is 18.2 Å². The summed E-state index contributed by atoms with van der Waals surface area (Å²) in [6.45, 7) is 4.30. The van der Waals surface area contributed by atoms with E-state index in [1.807, 2.05) is 44.2 Å². The van der Waals surface area contributed by atoms with Gasteiger partial charge in [0, 0.05) is 16.8 Å². The third kappa shape index (κ3) is 4.54. The first-order chi connectivity index (χ1) is 13.1. The Balaban J connectivity index is 1.79. The van der Waals surface area contributed by atoms with Gasteiger partial charge in [-0.05, 0) is 43.7 Å². The summed E-state index contributed by atoms with van der Waals surface area (Å²) in [5, 5.41) is 6.64. The molecule has 2 N–H and O–H groups in total. The van der Waals surface area contributed by atoms with E-state index in [1.165, 1.54) is 6.33 Å². The number of benzene rings is 2. The van der Waals surface area contributed by atoms with E-state index in [9.17, 15) is 4.79 Å². The van der Waals surface area contributed by atoms with Crippen LogP contribution in [0.4, 0.5) is 17.2 Å². The number of hydrogen-bond donors (Lipinski definition) is 2. The SMILES string of the molecule is CCOc1ccccc1NC(=O)c1cc(Nc2cccc(Cl)c2C)ncn1. The quantitative estimate of drug-likeness (QED) is 0.638. The molecule has 0 aliphatic carbocycles. The zero-order valence-corrected chi connectivity index (χ0v) is 15.7. The molecule has 0 fully saturated rings. The van der Waals surface area contributed by atoms with Gasteiger partial charge >= 0.3 is 0 Å². The maximum absolute atomic E-state index is 12.6. The van der Waals surface area contributed by atoms with Crippen molar-refractivity contribution in [3.05, 3.63) is 71.1 Å². The van der Waals surface area contributed by atoms with Crippen LogP contribution in [0.15, 0.2) is 54.9 Å². The van der Waals surface area contributed by atoms with Gasteiger partial charge in [-0.15, -0.1) is 0 Å². The number of carbonyl (C=O) groups is 1. The number of nitrogens with one attached hydrogen (secondary N) is 2. The molecule has 1 aromatic heterocycles. The average molecular weight is 383 g/mol. The Bertz CT molecular complexity index is 962. The summed E-state index contributed by atoms with van der Waals surface area (Å²) in [5.41, 5.74) is 2.53. The summed E-state index contributed by atoms with van der Waals surface area (Å²) in [7, 11) is 0. The van der Waals surface area contributed by atoms with Gasteiger partial charge < -0.3 is 15.4 Å². The number of anilines is 3. The van der Waals surface area contributed by atoms with Crippen LogP contribution in [-0.2, 0) is 0 Å². The minimum atomic E-state index is -0.351. The summed E-state index contributed by atoms with van der Waals surface area (Å²) in [6, 6.07) is 14.4. The maximum atomic E-state index is 12.6. The van der Waals surface area contributed by atoms with Crippen LogP contribution < -0.4 is 15.4 Å². The molecule has 0 atom stereocenters. The number of carbonyl (C=O) groups excluding carboxylic acids is 1. The first-order valence-corrected chi connectivity index (χ1v) is 8.83. The Kier molecular flexibility index (Phi) is 5.88. The first kappa shape index (κ1) is 18.7. The molecule has 7 heteroatoms. The van der Waals surface area contributed by atoms with Gasteiger partial charge in [0.15, 0.2) is 0 Å². The van der Waals surface area contributed by atoms with Crippen molar-refractivity contribution < 1.29 is 9.53 Å². The minimum absolute atomic E-state index is 0.235. The van der Waals surface area contributed by atoms with Crippen LogP contribution in [0.2, 0.25) is 5.02 Å². The summed E-state index contributed by atoms with van der Waals surface area (Å²) in [4.78, 5) is 20.8. The number of hydrogen-bond acceptors (Lipinski definition) is 5. The second-order valence-electron chi connectivity index (χ2n) is 5.71. The minimum Gasteiger partial charge on any atom is -0.492 e. The van der Waals surface area contributed by atoms with Gasteiger partial charge in [0.05, 0.1) is 12.3 Å². The second-order valence-corrected chi connectivity index (χ2v) is 6.12. The highest BCUT2D eigenvalue weighted by Gasteiger charge is 2.12. The average Bonchev–Trinajstić information content (AvgIpc) is 2.67. The summed E-state index contributed by atoms with van der Waals surface area (Å²) >= 11 is 6.14. The Hall–Kier alpha value is -3.12. The normalized spacial score (nSPS) is 10.3. The van der Waals surface area contributed by atoms with Crippen molar-refractivity contribution in [2.24, 2.45) is 0 Å². The Labute approximate surface area is 162 Å². The van der Waals surface area contributed by atoms with Crippen LogP contribution in [0.3, 0.4) is 0 Å². The molecule has 138 valence electrons. The smallest absolute Gasteiger partial charge is 0.274 e. The topological polar surface area (TPSA) is 76.1 Å². The van der Waals surface area contributed by atoms with Crippen molar-refractivity contribution in [3.8, 4) is 5.75 Å². The van der Waals surface area contributed by atoms with E-state index in [4.69, 9.17) is 16.3 Å². The number of nitrogens with zero attached hydrogens (tertiary/aromatic N) is 2. The summed E-state index contributed by atoms with van der Waals surface area (Å²) in [5.74, 6) is 0.754. The van der Waals surface area contributed by atoms with Crippen molar-refractivity contribution >= 4 is 34.7 Å². The molecule has 0 spiro atoms. The predicted molar refractivity (Wildman–Crippen MR) is 107 cm³/mol. The van der Waals surface area contributed by atoms with Crippen molar-refractivity contribution in [2.75, 3.05) is 17.2 Å². The van der Waals surface area contributed by atoms with Gasteiger partial charge in [-0.25, -0.2) is 9.97 Å². The third-order valence-electron chi connectivity index (χ3n) is 3.87. The van der Waals surface area contributed by atoms with Gasteiger partial charge in [-0.2, -0.15) is 0 Å². The van der Waals surface area contributed by atoms with Crippen molar-refractivity contribution in [1.29, 1.82) is 0 Å². The lowest BCUT2D eigenvalue weighted by Crippen LogP contribution is -2.15. The lowest BCUT2D eigenvalue weighted by atomic mass is 10.2. The standard InChI is InChI=1S/C20H19ClN4O2/c1-3-27-18-10-5-4-8-16(18)25-20(26)17-11-19(23-12-22-17)24-15-9-6-7-14(21)13(15)2/h4-12H,3H2,1-2H3,(H,25,26)(H,22,23,24). The molecular formula is C20H19ClN4O2. The predicted octanol–water partition coefficient (Wildman–Crippen LogP) is 4.83. The molecule has 1 heterocycles. The molecule has 0 saturated heterocycles. The van der Waals surface area contributed by atoms with E-state index in [0.717, 1.165) is 11.3 Å². The fraction of sp³-hybridized carbons (Fsp3) is 0.150. The lowest BCUT2D eigenvalue weighted by Gasteiger charge is -2.12. The molecule has 0 aliphatic rings. The molecule has 0 radical (unpaired) electrons. The first-order valence-electron chi connectivity index (χ1n) is 8.46. The van der Waals surface area contributed by atoms with Gasteiger partial charge in [0.2, 0.25) is 0 Å². The summed E-state index contributed by atoms with van der Waals surface area (Å²) < 4.78 is 5.53. The van der Waals surface area contributed by atoms with E-state index < -0.39 is 0 Å². The second kappa shape index (κ2) is 8.51. The number of ether oxygens (including phenoxy) is 1. The van der Waals surface area contributed by atoms with Crippen molar-refractivity contribution in [2.45, 2.75) is 13.8 Å². The molecular weight excluding hydrogens is 364 g/mol. The molecule has 2 aromatic carbocycles. The molecule has 0 saturated carbocycles. The van der Waals surface area contributed by atoms with Crippen LogP contribution in [0.1, 0.15) is 23.0 Å². The van der Waals surface area contributed by atoms with Crippen molar-refractivity contribution in [1.82, 2.24) is 9.97 Å². The number of para-hydroxylation sites is 2. The fourth-order valence-electron chi connectivity index (χ4n) is 2.47. The Morgan fingerprint density at radius 1 is 1.11 bits per heavy atom. The molecule has 6 nitrogen and oxygen atoms in total. The zero-order chi connectivity index (χ0) is 19.2. The van der Waals surface area contributed by atoms with Crippen LogP contribution in [-0.4, -0.2) is 22.5 Å². The van der Waals surface area contributed by atoms with Gasteiger partial charge in [0.25, 0.3) is 5.91 Å². The number of aromatic nitrogens is 2. The number of amides is 1. The van der Waals surface area contributed by atoms with Gasteiger partial charge in [-0.1, -0.05) is 29.8 Å². The highest BCUT2D eigenvalue weighted by Crippen LogP contribution is 2.26. The molecule has 0 unspecified atom stereocenters. The zero-order valence-electron chi connectivity index (χ0n) is 15.0. The van der Waals surface area contributed by atoms with Crippen LogP contribution in [0, 0.1) is 6.92 Å². The molecule has 0 aliphatic heterocycles. The van der Waals surface area contributed by atoms with Crippen LogP contribution >= 0.6 is 11.6 Å². The van der Waals surface area contributed by atoms with E-state index in [2.05, 4.69) is 20.6 Å². The van der Waals surface area contributed by atoms with Gasteiger partial charge in [-0.3, -0.25) is 4.79 Å². The highest BCUT2D eigenvalue weighted by atomic mass is 35.5. The largest absolute Gasteiger partial charge is 0.492 e. The van der Waals surface area contributed by atoms with E-state index >= 15 is 0 Å². The van der Waals surface area contributed by atoms with Crippen LogP contribution in [0.25, 0.3) is 0 Å². The van der Waals surface area contributed by atoms with Gasteiger partial charge in [0.1, 0.15) is 23.6 Å². The number of halogens is 1. The molecule has 3 aromatic rings. The molecule has 27 heavy (non-hydrogen) atoms. The molecule has 1 amide bonds. The lowest BCUT2D eigenvalue weighted by molar-refractivity contribution is 0.102. The third-order valence-corrected chi connectivity index (χ3v) is 4.27.